The number of rotatable bonds is 4. The average molecular weight is 383 g/mol. The summed E-state index contributed by atoms with van der Waals surface area (Å²) in [5.74, 6) is -0.403. The van der Waals surface area contributed by atoms with Crippen LogP contribution < -0.4 is 15.5 Å². The third kappa shape index (κ3) is 3.19. The van der Waals surface area contributed by atoms with Crippen molar-refractivity contribution in [1.29, 1.82) is 0 Å². The number of carboxylic acid groups (broad SMARTS) is 1. The molecule has 4 rings (SSSR count). The lowest BCUT2D eigenvalue weighted by atomic mass is 10.0. The van der Waals surface area contributed by atoms with Gasteiger partial charge in [0.25, 0.3) is 0 Å². The highest BCUT2D eigenvalue weighted by molar-refractivity contribution is 6.04. The van der Waals surface area contributed by atoms with E-state index in [1.54, 1.807) is 29.4 Å². The summed E-state index contributed by atoms with van der Waals surface area (Å²) in [6.07, 6.45) is 3.98. The Balaban J connectivity index is 1.74. The van der Waals surface area contributed by atoms with E-state index in [9.17, 15) is 19.5 Å². The Morgan fingerprint density at radius 3 is 2.61 bits per heavy atom. The third-order valence-electron chi connectivity index (χ3n) is 5.09. The Bertz CT molecular complexity index is 965. The molecule has 1 aliphatic carbocycles. The van der Waals surface area contributed by atoms with Crippen molar-refractivity contribution in [1.82, 2.24) is 9.78 Å². The van der Waals surface area contributed by atoms with Crippen LogP contribution in [0.1, 0.15) is 19.8 Å². The van der Waals surface area contributed by atoms with Gasteiger partial charge in [-0.05, 0) is 37.5 Å². The van der Waals surface area contributed by atoms with Crippen LogP contribution in [0.15, 0.2) is 30.6 Å². The van der Waals surface area contributed by atoms with Crippen molar-refractivity contribution in [2.45, 2.75) is 32.4 Å². The van der Waals surface area contributed by atoms with Crippen LogP contribution in [0.2, 0.25) is 0 Å². The summed E-state index contributed by atoms with van der Waals surface area (Å²) in [5, 5.41) is 13.8. The zero-order chi connectivity index (χ0) is 20.0. The number of benzene rings is 1. The molecule has 2 aliphatic rings. The van der Waals surface area contributed by atoms with Gasteiger partial charge in [0.15, 0.2) is 0 Å². The van der Waals surface area contributed by atoms with Gasteiger partial charge >= 0.3 is 6.09 Å². The van der Waals surface area contributed by atoms with Gasteiger partial charge in [-0.25, -0.2) is 4.79 Å². The summed E-state index contributed by atoms with van der Waals surface area (Å²) in [7, 11) is 0. The van der Waals surface area contributed by atoms with Crippen molar-refractivity contribution in [3.8, 4) is 11.1 Å². The molecule has 3 N–H and O–H groups in total. The summed E-state index contributed by atoms with van der Waals surface area (Å²) in [5.41, 5.74) is 7.74. The Morgan fingerprint density at radius 2 is 1.96 bits per heavy atom. The predicted octanol–water partition coefficient (Wildman–Crippen LogP) is 1.66. The number of hydrogen-bond donors (Lipinski definition) is 2. The molecule has 3 amide bonds. The van der Waals surface area contributed by atoms with E-state index in [0.29, 0.717) is 11.4 Å². The molecule has 1 aromatic heterocycles. The lowest BCUT2D eigenvalue weighted by Gasteiger charge is -2.40. The average Bonchev–Trinajstić information content (AvgIpc) is 3.39. The summed E-state index contributed by atoms with van der Waals surface area (Å²) in [6, 6.07) is 5.12. The van der Waals surface area contributed by atoms with E-state index in [2.05, 4.69) is 5.10 Å². The van der Waals surface area contributed by atoms with Gasteiger partial charge in [-0.3, -0.25) is 19.2 Å². The Hall–Kier alpha value is -3.36. The SMILES string of the molecule is C[C@H]1CN(C(=O)O)c2cc(-c3cnn(CC(N)=O)c3)ccc2N1C(=O)C1CC1. The number of hydrogen-bond acceptors (Lipinski definition) is 4. The van der Waals surface area contributed by atoms with Gasteiger partial charge in [-0.2, -0.15) is 5.10 Å². The topological polar surface area (TPSA) is 122 Å². The monoisotopic (exact) mass is 383 g/mol. The van der Waals surface area contributed by atoms with E-state index >= 15 is 0 Å². The lowest BCUT2D eigenvalue weighted by molar-refractivity contribution is -0.120. The molecule has 1 saturated carbocycles. The van der Waals surface area contributed by atoms with E-state index in [1.165, 1.54) is 9.58 Å². The number of nitrogens with zero attached hydrogens (tertiary/aromatic N) is 4. The maximum absolute atomic E-state index is 12.8. The highest BCUT2D eigenvalue weighted by atomic mass is 16.4. The predicted molar refractivity (Wildman–Crippen MR) is 102 cm³/mol. The van der Waals surface area contributed by atoms with Gasteiger partial charge in [-0.15, -0.1) is 0 Å². The molecular weight excluding hydrogens is 362 g/mol. The Labute approximate surface area is 161 Å². The minimum atomic E-state index is -1.06. The molecule has 0 unspecified atom stereocenters. The highest BCUT2D eigenvalue weighted by Crippen LogP contribution is 2.42. The highest BCUT2D eigenvalue weighted by Gasteiger charge is 2.41. The molecule has 9 nitrogen and oxygen atoms in total. The summed E-state index contributed by atoms with van der Waals surface area (Å²) in [4.78, 5) is 38.7. The van der Waals surface area contributed by atoms with Crippen LogP contribution >= 0.6 is 0 Å². The minimum absolute atomic E-state index is 0.0344. The number of primary amides is 1. The van der Waals surface area contributed by atoms with Crippen LogP contribution in [0.25, 0.3) is 11.1 Å². The van der Waals surface area contributed by atoms with Gasteiger partial charge in [0, 0.05) is 24.2 Å². The molecular formula is C19H21N5O4. The molecule has 0 spiro atoms. The summed E-state index contributed by atoms with van der Waals surface area (Å²) in [6.45, 7) is 2.04. The van der Waals surface area contributed by atoms with Crippen LogP contribution in [-0.4, -0.2) is 45.4 Å². The number of fused-ring (bicyclic) bond motifs is 1. The van der Waals surface area contributed by atoms with E-state index in [-0.39, 0.29) is 31.0 Å². The second-order valence-electron chi connectivity index (χ2n) is 7.32. The van der Waals surface area contributed by atoms with Crippen LogP contribution in [0, 0.1) is 5.92 Å². The fourth-order valence-corrected chi connectivity index (χ4v) is 3.61. The fourth-order valence-electron chi connectivity index (χ4n) is 3.61. The number of carbonyl (C=O) groups is 3. The number of amides is 3. The molecule has 28 heavy (non-hydrogen) atoms. The van der Waals surface area contributed by atoms with Gasteiger partial charge < -0.3 is 15.7 Å². The number of nitrogens with two attached hydrogens (primary N) is 1. The summed E-state index contributed by atoms with van der Waals surface area (Å²) < 4.78 is 1.43. The standard InChI is InChI=1S/C19H21N5O4/c1-11-8-23(19(27)28)16-6-13(14-7-21-22(9-14)10-17(20)25)4-5-15(16)24(11)18(26)12-2-3-12/h4-7,9,11-12H,2-3,8,10H2,1H3,(H2,20,25)(H,27,28)/t11-/m0/s1. The number of anilines is 2. The molecule has 0 radical (unpaired) electrons. The van der Waals surface area contributed by atoms with Gasteiger partial charge in [0.05, 0.1) is 23.6 Å². The quantitative estimate of drug-likeness (QED) is 0.832. The van der Waals surface area contributed by atoms with Crippen molar-refractivity contribution in [3.63, 3.8) is 0 Å². The first kappa shape index (κ1) is 18.0. The molecule has 2 aromatic rings. The maximum atomic E-state index is 12.8. The van der Waals surface area contributed by atoms with Gasteiger partial charge in [0.1, 0.15) is 6.54 Å². The van der Waals surface area contributed by atoms with Crippen molar-refractivity contribution in [3.05, 3.63) is 30.6 Å². The second kappa shape index (κ2) is 6.66. The summed E-state index contributed by atoms with van der Waals surface area (Å²) >= 11 is 0. The molecule has 1 fully saturated rings. The van der Waals surface area contributed by atoms with E-state index < -0.39 is 12.0 Å². The molecule has 1 aliphatic heterocycles. The van der Waals surface area contributed by atoms with E-state index in [4.69, 9.17) is 5.73 Å². The zero-order valence-electron chi connectivity index (χ0n) is 15.4. The van der Waals surface area contributed by atoms with Crippen LogP contribution in [0.4, 0.5) is 16.2 Å². The zero-order valence-corrected chi connectivity index (χ0v) is 15.4. The van der Waals surface area contributed by atoms with Crippen molar-refractivity contribution < 1.29 is 19.5 Å². The number of aromatic nitrogens is 2. The van der Waals surface area contributed by atoms with E-state index in [1.807, 2.05) is 13.0 Å². The van der Waals surface area contributed by atoms with Crippen LogP contribution in [-0.2, 0) is 16.1 Å². The first-order chi connectivity index (χ1) is 13.3. The number of carbonyl (C=O) groups excluding carboxylic acids is 2. The first-order valence-corrected chi connectivity index (χ1v) is 9.14. The third-order valence-corrected chi connectivity index (χ3v) is 5.09. The van der Waals surface area contributed by atoms with Crippen molar-refractivity contribution in [2.24, 2.45) is 11.7 Å². The van der Waals surface area contributed by atoms with Crippen molar-refractivity contribution in [2.75, 3.05) is 16.3 Å². The van der Waals surface area contributed by atoms with Crippen LogP contribution in [0.3, 0.4) is 0 Å². The van der Waals surface area contributed by atoms with Gasteiger partial charge in [-0.1, -0.05) is 6.07 Å². The van der Waals surface area contributed by atoms with E-state index in [0.717, 1.165) is 24.0 Å². The molecule has 0 bridgehead atoms. The first-order valence-electron chi connectivity index (χ1n) is 9.14. The van der Waals surface area contributed by atoms with Crippen molar-refractivity contribution >= 4 is 29.3 Å². The maximum Gasteiger partial charge on any atom is 0.411 e. The molecule has 1 aromatic carbocycles. The molecule has 0 saturated heterocycles. The second-order valence-corrected chi connectivity index (χ2v) is 7.32. The molecule has 2 heterocycles. The van der Waals surface area contributed by atoms with Crippen LogP contribution in [0.5, 0.6) is 0 Å². The van der Waals surface area contributed by atoms with Gasteiger partial charge in [0.2, 0.25) is 11.8 Å². The molecule has 9 heteroatoms. The molecule has 146 valence electrons. The fraction of sp³-hybridized carbons (Fsp3) is 0.368. The normalized spacial score (nSPS) is 18.7. The largest absolute Gasteiger partial charge is 0.465 e. The molecule has 1 atom stereocenters. The smallest absolute Gasteiger partial charge is 0.411 e. The minimum Gasteiger partial charge on any atom is -0.465 e. The Kier molecular flexibility index (Phi) is 4.29. The Morgan fingerprint density at radius 1 is 1.21 bits per heavy atom. The lowest BCUT2D eigenvalue weighted by Crippen LogP contribution is -2.52.